The van der Waals surface area contributed by atoms with Gasteiger partial charge in [-0.3, -0.25) is 9.59 Å². The summed E-state index contributed by atoms with van der Waals surface area (Å²) < 4.78 is 5.49. The van der Waals surface area contributed by atoms with Crippen molar-refractivity contribution in [3.05, 3.63) is 71.8 Å². The minimum absolute atomic E-state index is 0.0952. The lowest BCUT2D eigenvalue weighted by Gasteiger charge is -2.44. The number of hydrogen-bond donors (Lipinski definition) is 2. The van der Waals surface area contributed by atoms with E-state index in [0.717, 1.165) is 30.4 Å². The Morgan fingerprint density at radius 2 is 1.49 bits per heavy atom. The van der Waals surface area contributed by atoms with Crippen LogP contribution in [-0.4, -0.2) is 46.0 Å². The molecule has 2 aromatic carbocycles. The van der Waals surface area contributed by atoms with Gasteiger partial charge in [0.1, 0.15) is 17.7 Å². The molecule has 1 fully saturated rings. The molecule has 1 aliphatic rings. The van der Waals surface area contributed by atoms with Crippen molar-refractivity contribution in [3.8, 4) is 0 Å². The highest BCUT2D eigenvalue weighted by Gasteiger charge is 2.42. The van der Waals surface area contributed by atoms with E-state index in [0.29, 0.717) is 0 Å². The number of nitrogens with one attached hydrogen (secondary N) is 2. The van der Waals surface area contributed by atoms with E-state index in [4.69, 9.17) is 4.74 Å². The number of rotatable bonds is 8. The minimum atomic E-state index is -0.897. The predicted molar refractivity (Wildman–Crippen MR) is 145 cm³/mol. The first-order valence-corrected chi connectivity index (χ1v) is 13.1. The maximum absolute atomic E-state index is 14.3. The molecule has 3 rings (SSSR count). The Balaban J connectivity index is 2.01. The van der Waals surface area contributed by atoms with Gasteiger partial charge in [0.2, 0.25) is 11.8 Å². The zero-order chi connectivity index (χ0) is 27.2. The van der Waals surface area contributed by atoms with Crippen LogP contribution in [0.25, 0.3) is 0 Å². The van der Waals surface area contributed by atoms with Crippen molar-refractivity contribution >= 4 is 17.9 Å². The van der Waals surface area contributed by atoms with E-state index in [2.05, 4.69) is 10.6 Å². The first-order chi connectivity index (χ1) is 17.3. The first kappa shape index (κ1) is 28.2. The molecule has 7 nitrogen and oxygen atoms in total. The van der Waals surface area contributed by atoms with Gasteiger partial charge in [-0.25, -0.2) is 4.79 Å². The number of carbonyl (C=O) groups is 3. The number of benzene rings is 2. The van der Waals surface area contributed by atoms with Crippen molar-refractivity contribution < 1.29 is 19.1 Å². The summed E-state index contributed by atoms with van der Waals surface area (Å²) in [5.41, 5.74) is 0.453. The second kappa shape index (κ2) is 11.8. The van der Waals surface area contributed by atoms with Gasteiger partial charge < -0.3 is 20.3 Å². The lowest BCUT2D eigenvalue weighted by molar-refractivity contribution is -0.148. The van der Waals surface area contributed by atoms with Crippen LogP contribution in [0.4, 0.5) is 4.79 Å². The van der Waals surface area contributed by atoms with Crippen LogP contribution in [0.15, 0.2) is 60.7 Å². The third-order valence-corrected chi connectivity index (χ3v) is 6.13. The monoisotopic (exact) mass is 507 g/mol. The van der Waals surface area contributed by atoms with Crippen LogP contribution in [0.3, 0.4) is 0 Å². The Labute approximate surface area is 221 Å². The molecule has 2 unspecified atom stereocenters. The number of ether oxygens (including phenoxy) is 1. The second-order valence-electron chi connectivity index (χ2n) is 11.8. The fourth-order valence-electron chi connectivity index (χ4n) is 4.37. The molecule has 0 radical (unpaired) electrons. The predicted octanol–water partition coefficient (Wildman–Crippen LogP) is 5.16. The van der Waals surface area contributed by atoms with E-state index in [1.54, 1.807) is 25.7 Å². The summed E-state index contributed by atoms with van der Waals surface area (Å²) in [5, 5.41) is 5.89. The maximum Gasteiger partial charge on any atom is 0.408 e. The SMILES string of the molecule is CC(C)(C)NC(=O)C(c1ccccc1)N(C(=O)C(Cc1ccccc1)NC(=O)OC(C)(C)C)C1CCC1. The van der Waals surface area contributed by atoms with Crippen molar-refractivity contribution in [2.24, 2.45) is 0 Å². The highest BCUT2D eigenvalue weighted by Crippen LogP contribution is 2.34. The van der Waals surface area contributed by atoms with Crippen LogP contribution < -0.4 is 10.6 Å². The molecule has 1 aliphatic carbocycles. The van der Waals surface area contributed by atoms with Gasteiger partial charge in [0.05, 0.1) is 0 Å². The highest BCUT2D eigenvalue weighted by molar-refractivity contribution is 5.92. The fourth-order valence-corrected chi connectivity index (χ4v) is 4.37. The molecular formula is C30H41N3O4. The second-order valence-corrected chi connectivity index (χ2v) is 11.8. The summed E-state index contributed by atoms with van der Waals surface area (Å²) >= 11 is 0. The maximum atomic E-state index is 14.3. The molecule has 0 saturated heterocycles. The van der Waals surface area contributed by atoms with E-state index in [-0.39, 0.29) is 24.3 Å². The molecule has 7 heteroatoms. The molecule has 37 heavy (non-hydrogen) atoms. The summed E-state index contributed by atoms with van der Waals surface area (Å²) in [7, 11) is 0. The number of amides is 3. The summed E-state index contributed by atoms with van der Waals surface area (Å²) in [6, 6.07) is 17.1. The highest BCUT2D eigenvalue weighted by atomic mass is 16.6. The molecule has 200 valence electrons. The van der Waals surface area contributed by atoms with Crippen LogP contribution in [-0.2, 0) is 20.7 Å². The minimum Gasteiger partial charge on any atom is -0.444 e. The van der Waals surface area contributed by atoms with Gasteiger partial charge in [0.25, 0.3) is 0 Å². The van der Waals surface area contributed by atoms with Crippen molar-refractivity contribution in [1.82, 2.24) is 15.5 Å². The fraction of sp³-hybridized carbons (Fsp3) is 0.500. The van der Waals surface area contributed by atoms with E-state index in [1.165, 1.54) is 0 Å². The van der Waals surface area contributed by atoms with E-state index in [1.807, 2.05) is 81.4 Å². The third-order valence-electron chi connectivity index (χ3n) is 6.13. The smallest absolute Gasteiger partial charge is 0.408 e. The van der Waals surface area contributed by atoms with Crippen LogP contribution in [0.5, 0.6) is 0 Å². The molecule has 0 heterocycles. The standard InChI is InChI=1S/C30H41N3O4/c1-29(2,3)32-26(34)25(22-16-11-8-12-17-22)33(23-18-13-19-23)27(35)24(20-21-14-9-7-10-15-21)31-28(36)37-30(4,5)6/h7-12,14-17,23-25H,13,18-20H2,1-6H3,(H,31,36)(H,32,34). The number of nitrogens with zero attached hydrogens (tertiary/aromatic N) is 1. The molecule has 3 amide bonds. The lowest BCUT2D eigenvalue weighted by atomic mass is 9.87. The van der Waals surface area contributed by atoms with Gasteiger partial charge in [0.15, 0.2) is 0 Å². The zero-order valence-corrected chi connectivity index (χ0v) is 22.9. The lowest BCUT2D eigenvalue weighted by Crippen LogP contribution is -2.59. The van der Waals surface area contributed by atoms with Crippen molar-refractivity contribution in [2.75, 3.05) is 0 Å². The van der Waals surface area contributed by atoms with Crippen LogP contribution in [0.1, 0.15) is 78.0 Å². The Hall–Kier alpha value is -3.35. The van der Waals surface area contributed by atoms with Gasteiger partial charge in [-0.2, -0.15) is 0 Å². The topological polar surface area (TPSA) is 87.7 Å². The molecule has 0 aliphatic heterocycles. The normalized spacial score (nSPS) is 15.6. The third kappa shape index (κ3) is 8.34. The number of hydrogen-bond acceptors (Lipinski definition) is 4. The van der Waals surface area contributed by atoms with Gasteiger partial charge in [0, 0.05) is 18.0 Å². The Morgan fingerprint density at radius 3 is 1.97 bits per heavy atom. The molecule has 2 atom stereocenters. The zero-order valence-electron chi connectivity index (χ0n) is 22.9. The molecule has 2 N–H and O–H groups in total. The molecule has 2 aromatic rings. The van der Waals surface area contributed by atoms with Gasteiger partial charge >= 0.3 is 6.09 Å². The number of carbonyl (C=O) groups excluding carboxylic acids is 3. The average Bonchev–Trinajstić information content (AvgIpc) is 2.75. The Kier molecular flexibility index (Phi) is 9.00. The van der Waals surface area contributed by atoms with E-state index >= 15 is 0 Å². The van der Waals surface area contributed by atoms with Crippen LogP contribution in [0.2, 0.25) is 0 Å². The van der Waals surface area contributed by atoms with Crippen molar-refractivity contribution in [1.29, 1.82) is 0 Å². The molecule has 0 aromatic heterocycles. The average molecular weight is 508 g/mol. The summed E-state index contributed by atoms with van der Waals surface area (Å²) in [6.07, 6.45) is 2.22. The summed E-state index contributed by atoms with van der Waals surface area (Å²) in [6.45, 7) is 11.1. The summed E-state index contributed by atoms with van der Waals surface area (Å²) in [5.74, 6) is -0.535. The number of alkyl carbamates (subject to hydrolysis) is 1. The Bertz CT molecular complexity index is 1050. The van der Waals surface area contributed by atoms with E-state index < -0.39 is 29.3 Å². The first-order valence-electron chi connectivity index (χ1n) is 13.1. The van der Waals surface area contributed by atoms with Crippen molar-refractivity contribution in [3.63, 3.8) is 0 Å². The quantitative estimate of drug-likeness (QED) is 0.517. The van der Waals surface area contributed by atoms with Gasteiger partial charge in [-0.1, -0.05) is 60.7 Å². The van der Waals surface area contributed by atoms with Crippen LogP contribution >= 0.6 is 0 Å². The Morgan fingerprint density at radius 1 is 0.919 bits per heavy atom. The molecule has 1 saturated carbocycles. The van der Waals surface area contributed by atoms with Gasteiger partial charge in [-0.05, 0) is 71.9 Å². The molecule has 0 bridgehead atoms. The summed E-state index contributed by atoms with van der Waals surface area (Å²) in [4.78, 5) is 42.6. The molecule has 0 spiro atoms. The molecular weight excluding hydrogens is 466 g/mol. The van der Waals surface area contributed by atoms with Crippen LogP contribution in [0, 0.1) is 0 Å². The van der Waals surface area contributed by atoms with E-state index in [9.17, 15) is 14.4 Å². The largest absolute Gasteiger partial charge is 0.444 e. The van der Waals surface area contributed by atoms with Gasteiger partial charge in [-0.15, -0.1) is 0 Å². The van der Waals surface area contributed by atoms with Crippen molar-refractivity contribution in [2.45, 2.75) is 96.5 Å².